The number of fused-ring (bicyclic) bond motifs is 1. The zero-order valence-electron chi connectivity index (χ0n) is 11.0. The van der Waals surface area contributed by atoms with Crippen molar-refractivity contribution in [3.05, 3.63) is 54.6 Å². The van der Waals surface area contributed by atoms with Crippen LogP contribution < -0.4 is 0 Å². The fourth-order valence-corrected chi connectivity index (χ4v) is 1.62. The lowest BCUT2D eigenvalue weighted by Crippen LogP contribution is -2.04. The number of oxazole rings is 1. The number of carboxylic acid groups (broad SMARTS) is 1. The van der Waals surface area contributed by atoms with Crippen LogP contribution in [0.2, 0.25) is 0 Å². The van der Waals surface area contributed by atoms with Crippen molar-refractivity contribution in [1.82, 2.24) is 4.98 Å². The van der Waals surface area contributed by atoms with Crippen molar-refractivity contribution in [2.75, 3.05) is 0 Å². The summed E-state index contributed by atoms with van der Waals surface area (Å²) >= 11 is 0. The molecule has 104 valence electrons. The highest BCUT2D eigenvalue weighted by atomic mass is 16.5. The molecule has 20 heavy (non-hydrogen) atoms. The molecule has 0 aliphatic carbocycles. The predicted octanol–water partition coefficient (Wildman–Crippen LogP) is 3.39. The SMILES string of the molecule is CCC1C=CC=CO1.O=C(O)c1nc2ccccc2o1. The Morgan fingerprint density at radius 2 is 2.15 bits per heavy atom. The predicted molar refractivity (Wildman–Crippen MR) is 74.4 cm³/mol. The molecule has 1 aromatic carbocycles. The number of aromatic carboxylic acids is 1. The number of aromatic nitrogens is 1. The van der Waals surface area contributed by atoms with Gasteiger partial charge in [0, 0.05) is 0 Å². The zero-order valence-corrected chi connectivity index (χ0v) is 11.0. The number of nitrogens with zero attached hydrogens (tertiary/aromatic N) is 1. The molecule has 0 radical (unpaired) electrons. The number of carbonyl (C=O) groups is 1. The summed E-state index contributed by atoms with van der Waals surface area (Å²) in [5.41, 5.74) is 1.06. The van der Waals surface area contributed by atoms with Gasteiger partial charge in [-0.15, -0.1) is 0 Å². The summed E-state index contributed by atoms with van der Waals surface area (Å²) < 4.78 is 10.1. The highest BCUT2D eigenvalue weighted by Gasteiger charge is 2.10. The van der Waals surface area contributed by atoms with Gasteiger partial charge >= 0.3 is 11.9 Å². The van der Waals surface area contributed by atoms with E-state index in [-0.39, 0.29) is 5.89 Å². The standard InChI is InChI=1S/C8H5NO3.C7H10O/c10-8(11)7-9-5-3-1-2-4-6(5)12-7;1-2-7-5-3-4-6-8-7/h1-4H,(H,10,11);3-7H,2H2,1H3. The second-order valence-electron chi connectivity index (χ2n) is 4.09. The van der Waals surface area contributed by atoms with E-state index in [4.69, 9.17) is 14.3 Å². The molecular formula is C15H15NO4. The molecule has 1 aliphatic rings. The molecule has 0 bridgehead atoms. The van der Waals surface area contributed by atoms with Crippen LogP contribution in [0.4, 0.5) is 0 Å². The summed E-state index contributed by atoms with van der Waals surface area (Å²) in [6.45, 7) is 2.11. The molecule has 0 fully saturated rings. The van der Waals surface area contributed by atoms with Crippen LogP contribution in [0.25, 0.3) is 11.1 Å². The number of benzene rings is 1. The Labute approximate surface area is 116 Å². The van der Waals surface area contributed by atoms with E-state index in [9.17, 15) is 4.79 Å². The third-order valence-corrected chi connectivity index (χ3v) is 2.65. The maximum Gasteiger partial charge on any atom is 0.392 e. The second-order valence-corrected chi connectivity index (χ2v) is 4.09. The van der Waals surface area contributed by atoms with Gasteiger partial charge in [0.25, 0.3) is 0 Å². The van der Waals surface area contributed by atoms with Crippen molar-refractivity contribution in [2.24, 2.45) is 0 Å². The summed E-state index contributed by atoms with van der Waals surface area (Å²) in [6.07, 6.45) is 9.07. The molecule has 1 aromatic heterocycles. The molecule has 2 heterocycles. The molecule has 0 spiro atoms. The number of ether oxygens (including phenoxy) is 1. The van der Waals surface area contributed by atoms with Crippen LogP contribution in [-0.4, -0.2) is 22.2 Å². The normalized spacial score (nSPS) is 16.4. The molecule has 1 N–H and O–H groups in total. The number of allylic oxidation sites excluding steroid dienone is 2. The molecule has 5 heteroatoms. The maximum absolute atomic E-state index is 10.4. The topological polar surface area (TPSA) is 72.6 Å². The fourth-order valence-electron chi connectivity index (χ4n) is 1.62. The average Bonchev–Trinajstić information content (AvgIpc) is 2.93. The van der Waals surface area contributed by atoms with Crippen LogP contribution in [0.3, 0.4) is 0 Å². The van der Waals surface area contributed by atoms with Gasteiger partial charge in [-0.05, 0) is 30.7 Å². The molecular weight excluding hydrogens is 258 g/mol. The van der Waals surface area contributed by atoms with Gasteiger partial charge in [-0.2, -0.15) is 0 Å². The minimum absolute atomic E-state index is 0.267. The monoisotopic (exact) mass is 273 g/mol. The number of rotatable bonds is 2. The highest BCUT2D eigenvalue weighted by Crippen LogP contribution is 2.14. The second kappa shape index (κ2) is 6.56. The van der Waals surface area contributed by atoms with Crippen LogP contribution in [-0.2, 0) is 4.74 Å². The summed E-state index contributed by atoms with van der Waals surface area (Å²) in [5, 5.41) is 8.53. The minimum atomic E-state index is -1.15. The van der Waals surface area contributed by atoms with E-state index in [0.29, 0.717) is 17.2 Å². The number of hydrogen-bond acceptors (Lipinski definition) is 4. The van der Waals surface area contributed by atoms with Crippen LogP contribution in [0.15, 0.2) is 53.2 Å². The minimum Gasteiger partial charge on any atom is -0.494 e. The Bertz CT molecular complexity index is 609. The summed E-state index contributed by atoms with van der Waals surface area (Å²) in [6, 6.07) is 6.91. The first-order chi connectivity index (χ1) is 9.70. The number of carboxylic acids is 1. The van der Waals surface area contributed by atoms with Crippen molar-refractivity contribution in [3.8, 4) is 0 Å². The van der Waals surface area contributed by atoms with Crippen LogP contribution >= 0.6 is 0 Å². The summed E-state index contributed by atoms with van der Waals surface area (Å²) in [4.78, 5) is 14.2. The molecule has 0 saturated heterocycles. The van der Waals surface area contributed by atoms with E-state index in [0.717, 1.165) is 6.42 Å². The smallest absolute Gasteiger partial charge is 0.392 e. The lowest BCUT2D eigenvalue weighted by Gasteiger charge is -2.11. The van der Waals surface area contributed by atoms with Crippen LogP contribution in [0.1, 0.15) is 24.0 Å². The first-order valence-corrected chi connectivity index (χ1v) is 6.28. The van der Waals surface area contributed by atoms with E-state index in [1.54, 1.807) is 30.5 Å². The van der Waals surface area contributed by atoms with E-state index >= 15 is 0 Å². The Balaban J connectivity index is 0.000000160. The van der Waals surface area contributed by atoms with Gasteiger partial charge in [-0.25, -0.2) is 9.78 Å². The molecule has 1 unspecified atom stereocenters. The molecule has 0 amide bonds. The maximum atomic E-state index is 10.4. The highest BCUT2D eigenvalue weighted by molar-refractivity contribution is 5.86. The number of hydrogen-bond donors (Lipinski definition) is 1. The van der Waals surface area contributed by atoms with Gasteiger partial charge in [0.2, 0.25) is 0 Å². The summed E-state index contributed by atoms with van der Waals surface area (Å²) in [5.74, 6) is -1.41. The van der Waals surface area contributed by atoms with E-state index in [2.05, 4.69) is 18.0 Å². The Hall–Kier alpha value is -2.56. The van der Waals surface area contributed by atoms with Crippen molar-refractivity contribution in [2.45, 2.75) is 19.4 Å². The molecule has 1 atom stereocenters. The first-order valence-electron chi connectivity index (χ1n) is 6.28. The largest absolute Gasteiger partial charge is 0.494 e. The van der Waals surface area contributed by atoms with Gasteiger partial charge < -0.3 is 14.3 Å². The fraction of sp³-hybridized carbons (Fsp3) is 0.200. The Morgan fingerprint density at radius 1 is 1.35 bits per heavy atom. The quantitative estimate of drug-likeness (QED) is 0.907. The molecule has 5 nitrogen and oxygen atoms in total. The van der Waals surface area contributed by atoms with Crippen LogP contribution in [0.5, 0.6) is 0 Å². The summed E-state index contributed by atoms with van der Waals surface area (Å²) in [7, 11) is 0. The van der Waals surface area contributed by atoms with E-state index in [1.807, 2.05) is 12.2 Å². The Kier molecular flexibility index (Phi) is 4.55. The van der Waals surface area contributed by atoms with Gasteiger partial charge in [0.1, 0.15) is 11.6 Å². The molecule has 1 aliphatic heterocycles. The van der Waals surface area contributed by atoms with E-state index in [1.165, 1.54) is 0 Å². The van der Waals surface area contributed by atoms with Gasteiger partial charge in [-0.1, -0.05) is 25.1 Å². The van der Waals surface area contributed by atoms with Crippen molar-refractivity contribution in [3.63, 3.8) is 0 Å². The third-order valence-electron chi connectivity index (χ3n) is 2.65. The molecule has 3 rings (SSSR count). The van der Waals surface area contributed by atoms with Gasteiger partial charge in [0.15, 0.2) is 5.58 Å². The van der Waals surface area contributed by atoms with Crippen molar-refractivity contribution < 1.29 is 19.1 Å². The van der Waals surface area contributed by atoms with Gasteiger partial charge in [-0.3, -0.25) is 0 Å². The van der Waals surface area contributed by atoms with E-state index < -0.39 is 5.97 Å². The molecule has 0 saturated carbocycles. The van der Waals surface area contributed by atoms with Gasteiger partial charge in [0.05, 0.1) is 6.26 Å². The average molecular weight is 273 g/mol. The number of para-hydroxylation sites is 2. The first kappa shape index (κ1) is 13.9. The lowest BCUT2D eigenvalue weighted by molar-refractivity contribution is 0.0656. The lowest BCUT2D eigenvalue weighted by atomic mass is 10.2. The zero-order chi connectivity index (χ0) is 14.4. The van der Waals surface area contributed by atoms with Crippen molar-refractivity contribution >= 4 is 17.1 Å². The van der Waals surface area contributed by atoms with Crippen molar-refractivity contribution in [1.29, 1.82) is 0 Å². The van der Waals surface area contributed by atoms with Crippen LogP contribution in [0, 0.1) is 0 Å². The third kappa shape index (κ3) is 3.47. The Morgan fingerprint density at radius 3 is 2.70 bits per heavy atom. The molecule has 2 aromatic rings.